The summed E-state index contributed by atoms with van der Waals surface area (Å²) in [5.74, 6) is -0.179. The van der Waals surface area contributed by atoms with Gasteiger partial charge in [-0.2, -0.15) is 10.1 Å². The fourth-order valence-electron chi connectivity index (χ4n) is 2.83. The van der Waals surface area contributed by atoms with Gasteiger partial charge in [0.15, 0.2) is 0 Å². The second kappa shape index (κ2) is 6.60. The molecule has 1 aliphatic heterocycles. The lowest BCUT2D eigenvalue weighted by atomic mass is 9.89. The molecule has 1 aliphatic rings. The van der Waals surface area contributed by atoms with E-state index in [0.29, 0.717) is 12.6 Å². The van der Waals surface area contributed by atoms with E-state index in [2.05, 4.69) is 20.4 Å². The number of fused-ring (bicyclic) bond motifs is 1. The molecular weight excluding hydrogens is 294 g/mol. The smallest absolute Gasteiger partial charge is 0.317 e. The van der Waals surface area contributed by atoms with Crippen molar-refractivity contribution in [1.82, 2.24) is 19.7 Å². The summed E-state index contributed by atoms with van der Waals surface area (Å²) in [7, 11) is 0. The minimum absolute atomic E-state index is 0.283. The molecule has 0 fully saturated rings. The minimum atomic E-state index is -0.506. The Labute approximate surface area is 134 Å². The lowest BCUT2D eigenvalue weighted by molar-refractivity contribution is -0.147. The average Bonchev–Trinajstić information content (AvgIpc) is 3.03. The summed E-state index contributed by atoms with van der Waals surface area (Å²) in [6.45, 7) is 4.16. The molecule has 7 heteroatoms. The molecule has 0 aromatic carbocycles. The van der Waals surface area contributed by atoms with Crippen molar-refractivity contribution in [3.63, 3.8) is 0 Å². The van der Waals surface area contributed by atoms with Crippen molar-refractivity contribution in [2.75, 3.05) is 11.9 Å². The van der Waals surface area contributed by atoms with E-state index in [1.54, 1.807) is 24.0 Å². The molecule has 2 aromatic heterocycles. The monoisotopic (exact) mass is 313 g/mol. The van der Waals surface area contributed by atoms with E-state index in [1.165, 1.54) is 6.33 Å². The Morgan fingerprint density at radius 2 is 2.35 bits per heavy atom. The Kier molecular flexibility index (Phi) is 4.36. The summed E-state index contributed by atoms with van der Waals surface area (Å²) < 4.78 is 7.01. The standard InChI is InChI=1S/C16H19N5O2/c1-3-6-12-13(15(22)23-4-2)14(11-7-5-8-17-9-11)21-16(20-12)18-10-19-21/h5-10,13-14H,3-4H2,1-2H3,(H,18,19,20). The van der Waals surface area contributed by atoms with Gasteiger partial charge in [0.25, 0.3) is 0 Å². The number of nitrogens with one attached hydrogen (secondary N) is 1. The van der Waals surface area contributed by atoms with E-state index in [1.807, 2.05) is 25.1 Å². The summed E-state index contributed by atoms with van der Waals surface area (Å²) in [5, 5.41) is 7.48. The van der Waals surface area contributed by atoms with E-state index < -0.39 is 5.92 Å². The first-order chi connectivity index (χ1) is 11.3. The van der Waals surface area contributed by atoms with Crippen LogP contribution in [0.25, 0.3) is 0 Å². The van der Waals surface area contributed by atoms with Crippen LogP contribution in [0.2, 0.25) is 0 Å². The predicted octanol–water partition coefficient (Wildman–Crippen LogP) is 2.16. The molecule has 1 N–H and O–H groups in total. The molecule has 0 aliphatic carbocycles. The molecule has 3 rings (SSSR count). The number of ether oxygens (including phenoxy) is 1. The maximum Gasteiger partial charge on any atom is 0.317 e. The number of carbonyl (C=O) groups excluding carboxylic acids is 1. The van der Waals surface area contributed by atoms with Gasteiger partial charge < -0.3 is 10.1 Å². The maximum atomic E-state index is 12.6. The van der Waals surface area contributed by atoms with Crippen LogP contribution < -0.4 is 5.32 Å². The summed E-state index contributed by atoms with van der Waals surface area (Å²) in [6, 6.07) is 3.45. The number of nitrogens with zero attached hydrogens (tertiary/aromatic N) is 4. The number of carbonyl (C=O) groups is 1. The van der Waals surface area contributed by atoms with Crippen LogP contribution in [-0.4, -0.2) is 32.3 Å². The molecule has 0 saturated carbocycles. The van der Waals surface area contributed by atoms with Gasteiger partial charge in [0.05, 0.1) is 6.61 Å². The number of aromatic nitrogens is 4. The third kappa shape index (κ3) is 2.81. The molecule has 0 bridgehead atoms. The lowest BCUT2D eigenvalue weighted by Crippen LogP contribution is -2.38. The Hall–Kier alpha value is -2.70. The SMILES string of the molecule is CCC=C1Nc2ncnn2C(c2cccnc2)C1C(=O)OCC. The second-order valence-corrected chi connectivity index (χ2v) is 5.18. The van der Waals surface area contributed by atoms with Crippen molar-refractivity contribution in [2.45, 2.75) is 26.3 Å². The van der Waals surface area contributed by atoms with Crippen molar-refractivity contribution < 1.29 is 9.53 Å². The van der Waals surface area contributed by atoms with Gasteiger partial charge in [-0.05, 0) is 25.0 Å². The second-order valence-electron chi connectivity index (χ2n) is 5.18. The summed E-state index contributed by atoms with van der Waals surface area (Å²) in [4.78, 5) is 21.0. The lowest BCUT2D eigenvalue weighted by Gasteiger charge is -2.33. The largest absolute Gasteiger partial charge is 0.465 e. The fourth-order valence-corrected chi connectivity index (χ4v) is 2.83. The molecule has 0 saturated heterocycles. The molecule has 2 atom stereocenters. The number of hydrogen-bond acceptors (Lipinski definition) is 6. The van der Waals surface area contributed by atoms with Crippen LogP contribution in [-0.2, 0) is 9.53 Å². The van der Waals surface area contributed by atoms with Crippen molar-refractivity contribution in [1.29, 1.82) is 0 Å². The molecule has 0 amide bonds. The first-order valence-electron chi connectivity index (χ1n) is 7.69. The third-order valence-electron chi connectivity index (χ3n) is 3.73. The van der Waals surface area contributed by atoms with Gasteiger partial charge in [-0.1, -0.05) is 19.1 Å². The van der Waals surface area contributed by atoms with Gasteiger partial charge in [-0.25, -0.2) is 4.68 Å². The van der Waals surface area contributed by atoms with E-state index in [0.717, 1.165) is 17.7 Å². The highest BCUT2D eigenvalue weighted by molar-refractivity contribution is 5.79. The Bertz CT molecular complexity index is 710. The Morgan fingerprint density at radius 3 is 3.04 bits per heavy atom. The Morgan fingerprint density at radius 1 is 1.48 bits per heavy atom. The summed E-state index contributed by atoms with van der Waals surface area (Å²) in [6.07, 6.45) is 7.71. The first-order valence-corrected chi connectivity index (χ1v) is 7.69. The molecule has 0 radical (unpaired) electrons. The fraction of sp³-hybridized carbons (Fsp3) is 0.375. The first kappa shape index (κ1) is 15.2. The maximum absolute atomic E-state index is 12.6. The predicted molar refractivity (Wildman–Crippen MR) is 84.5 cm³/mol. The molecule has 7 nitrogen and oxygen atoms in total. The summed E-state index contributed by atoms with van der Waals surface area (Å²) >= 11 is 0. The summed E-state index contributed by atoms with van der Waals surface area (Å²) in [5.41, 5.74) is 1.68. The van der Waals surface area contributed by atoms with E-state index >= 15 is 0 Å². The molecule has 120 valence electrons. The zero-order valence-electron chi connectivity index (χ0n) is 13.1. The normalized spacial score (nSPS) is 21.6. The third-order valence-corrected chi connectivity index (χ3v) is 3.73. The number of pyridine rings is 1. The minimum Gasteiger partial charge on any atom is -0.465 e. The van der Waals surface area contributed by atoms with Gasteiger partial charge >= 0.3 is 5.97 Å². The quantitative estimate of drug-likeness (QED) is 0.871. The molecular formula is C16H19N5O2. The van der Waals surface area contributed by atoms with Gasteiger partial charge in [-0.3, -0.25) is 9.78 Å². The van der Waals surface area contributed by atoms with Crippen LogP contribution in [0, 0.1) is 5.92 Å². The van der Waals surface area contributed by atoms with Gasteiger partial charge in [0.1, 0.15) is 18.3 Å². The highest BCUT2D eigenvalue weighted by atomic mass is 16.5. The van der Waals surface area contributed by atoms with Crippen molar-refractivity contribution >= 4 is 11.9 Å². The van der Waals surface area contributed by atoms with Crippen LogP contribution in [0.1, 0.15) is 31.9 Å². The number of allylic oxidation sites excluding steroid dienone is 1. The molecule has 2 aromatic rings. The molecule has 23 heavy (non-hydrogen) atoms. The van der Waals surface area contributed by atoms with Gasteiger partial charge in [0.2, 0.25) is 5.95 Å². The topological polar surface area (TPSA) is 81.9 Å². The van der Waals surface area contributed by atoms with E-state index in [9.17, 15) is 4.79 Å². The van der Waals surface area contributed by atoms with Gasteiger partial charge in [0, 0.05) is 18.1 Å². The van der Waals surface area contributed by atoms with Gasteiger partial charge in [-0.15, -0.1) is 0 Å². The van der Waals surface area contributed by atoms with Crippen LogP contribution in [0.4, 0.5) is 5.95 Å². The van der Waals surface area contributed by atoms with Crippen LogP contribution in [0.5, 0.6) is 0 Å². The van der Waals surface area contributed by atoms with Crippen molar-refractivity contribution in [2.24, 2.45) is 5.92 Å². The Balaban J connectivity index is 2.13. The number of esters is 1. The zero-order chi connectivity index (χ0) is 16.2. The highest BCUT2D eigenvalue weighted by Gasteiger charge is 2.41. The van der Waals surface area contributed by atoms with Crippen LogP contribution in [0.3, 0.4) is 0 Å². The van der Waals surface area contributed by atoms with Crippen molar-refractivity contribution in [3.8, 4) is 0 Å². The molecule has 2 unspecified atom stereocenters. The van der Waals surface area contributed by atoms with Crippen LogP contribution in [0.15, 0.2) is 42.6 Å². The van der Waals surface area contributed by atoms with Crippen molar-refractivity contribution in [3.05, 3.63) is 48.2 Å². The number of rotatable bonds is 4. The van der Waals surface area contributed by atoms with E-state index in [4.69, 9.17) is 4.74 Å². The van der Waals surface area contributed by atoms with E-state index in [-0.39, 0.29) is 12.0 Å². The zero-order valence-corrected chi connectivity index (χ0v) is 13.1. The molecule has 0 spiro atoms. The average molecular weight is 313 g/mol. The highest BCUT2D eigenvalue weighted by Crippen LogP contribution is 2.38. The molecule has 3 heterocycles. The number of anilines is 1. The van der Waals surface area contributed by atoms with Crippen LogP contribution >= 0.6 is 0 Å². The number of hydrogen-bond donors (Lipinski definition) is 1.